The van der Waals surface area contributed by atoms with Gasteiger partial charge in [-0.15, -0.1) is 0 Å². The summed E-state index contributed by atoms with van der Waals surface area (Å²) in [7, 11) is 0. The van der Waals surface area contributed by atoms with Gasteiger partial charge in [0.2, 0.25) is 11.8 Å². The molecule has 0 bridgehead atoms. The van der Waals surface area contributed by atoms with E-state index in [4.69, 9.17) is 9.47 Å². The third kappa shape index (κ3) is 4.68. The van der Waals surface area contributed by atoms with Crippen LogP contribution < -0.4 is 20.1 Å². The summed E-state index contributed by atoms with van der Waals surface area (Å²) in [4.78, 5) is 24.7. The number of carbonyl (C=O) groups excluding carboxylic acids is 2. The molecule has 1 aliphatic heterocycles. The maximum atomic E-state index is 12.4. The van der Waals surface area contributed by atoms with Gasteiger partial charge in [-0.05, 0) is 43.4 Å². The molecular formula is C23H32N2O4. The number of ether oxygens (including phenoxy) is 2. The van der Waals surface area contributed by atoms with E-state index in [2.05, 4.69) is 22.8 Å². The van der Waals surface area contributed by atoms with Gasteiger partial charge in [0.15, 0.2) is 11.5 Å². The van der Waals surface area contributed by atoms with Crippen LogP contribution in [0.15, 0.2) is 18.2 Å². The smallest absolute Gasteiger partial charge is 0.239 e. The highest BCUT2D eigenvalue weighted by atomic mass is 16.6. The molecule has 29 heavy (non-hydrogen) atoms. The maximum absolute atomic E-state index is 12.4. The van der Waals surface area contributed by atoms with Crippen LogP contribution in [-0.2, 0) is 15.0 Å². The number of fused-ring (bicyclic) bond motifs is 1. The zero-order valence-corrected chi connectivity index (χ0v) is 17.1. The fraction of sp³-hybridized carbons (Fsp3) is 0.652. The Bertz CT molecular complexity index is 736. The van der Waals surface area contributed by atoms with Crippen LogP contribution in [0, 0.1) is 5.92 Å². The van der Waals surface area contributed by atoms with Gasteiger partial charge in [0.25, 0.3) is 0 Å². The molecule has 1 heterocycles. The Morgan fingerprint density at radius 2 is 1.66 bits per heavy atom. The lowest BCUT2D eigenvalue weighted by atomic mass is 9.78. The molecule has 2 amide bonds. The first kappa shape index (κ1) is 20.0. The number of nitrogens with one attached hydrogen (secondary N) is 2. The van der Waals surface area contributed by atoms with E-state index < -0.39 is 0 Å². The molecule has 6 nitrogen and oxygen atoms in total. The van der Waals surface area contributed by atoms with Gasteiger partial charge in [0.05, 0.1) is 6.54 Å². The largest absolute Gasteiger partial charge is 0.486 e. The molecule has 3 aliphatic rings. The lowest BCUT2D eigenvalue weighted by Gasteiger charge is -2.31. The van der Waals surface area contributed by atoms with Crippen LogP contribution in [0.5, 0.6) is 11.5 Å². The average molecular weight is 401 g/mol. The summed E-state index contributed by atoms with van der Waals surface area (Å²) < 4.78 is 11.4. The van der Waals surface area contributed by atoms with Crippen LogP contribution in [0.25, 0.3) is 0 Å². The van der Waals surface area contributed by atoms with Gasteiger partial charge in [0.1, 0.15) is 13.2 Å². The molecule has 1 aromatic carbocycles. The van der Waals surface area contributed by atoms with Crippen molar-refractivity contribution in [2.45, 2.75) is 63.2 Å². The normalized spacial score (nSPS) is 20.8. The van der Waals surface area contributed by atoms with Crippen molar-refractivity contribution in [3.63, 3.8) is 0 Å². The zero-order chi connectivity index (χ0) is 20.1. The molecule has 0 spiro atoms. The minimum Gasteiger partial charge on any atom is -0.486 e. The van der Waals surface area contributed by atoms with Crippen LogP contribution in [0.4, 0.5) is 0 Å². The van der Waals surface area contributed by atoms with Crippen molar-refractivity contribution in [1.82, 2.24) is 10.6 Å². The van der Waals surface area contributed by atoms with Gasteiger partial charge < -0.3 is 20.1 Å². The fourth-order valence-corrected chi connectivity index (χ4v) is 5.00. The van der Waals surface area contributed by atoms with Gasteiger partial charge >= 0.3 is 0 Å². The second-order valence-electron chi connectivity index (χ2n) is 8.68. The first-order valence-corrected chi connectivity index (χ1v) is 11.1. The summed E-state index contributed by atoms with van der Waals surface area (Å²) in [5, 5.41) is 5.91. The van der Waals surface area contributed by atoms with Crippen molar-refractivity contribution in [1.29, 1.82) is 0 Å². The fourth-order valence-electron chi connectivity index (χ4n) is 5.00. The molecule has 2 saturated carbocycles. The molecule has 6 heteroatoms. The van der Waals surface area contributed by atoms with Crippen LogP contribution in [0.2, 0.25) is 0 Å². The molecule has 158 valence electrons. The van der Waals surface area contributed by atoms with E-state index in [0.29, 0.717) is 19.8 Å². The zero-order valence-electron chi connectivity index (χ0n) is 17.1. The van der Waals surface area contributed by atoms with Crippen LogP contribution in [0.3, 0.4) is 0 Å². The summed E-state index contributed by atoms with van der Waals surface area (Å²) in [5.74, 6) is 1.59. The lowest BCUT2D eigenvalue weighted by Crippen LogP contribution is -2.44. The third-order valence-electron chi connectivity index (χ3n) is 6.74. The van der Waals surface area contributed by atoms with Crippen molar-refractivity contribution in [2.75, 3.05) is 26.3 Å². The number of hydrogen-bond acceptors (Lipinski definition) is 4. The maximum Gasteiger partial charge on any atom is 0.239 e. The Morgan fingerprint density at radius 1 is 0.931 bits per heavy atom. The van der Waals surface area contributed by atoms with Crippen LogP contribution in [0.1, 0.15) is 63.4 Å². The second kappa shape index (κ2) is 9.06. The first-order valence-electron chi connectivity index (χ1n) is 11.1. The topological polar surface area (TPSA) is 76.7 Å². The SMILES string of the molecule is O=C(CNC(=O)C1CCCCC1)NCC1(c2ccc3c(c2)OCCO3)CCCC1. The molecule has 4 rings (SSSR count). The summed E-state index contributed by atoms with van der Waals surface area (Å²) in [5.41, 5.74) is 1.13. The van der Waals surface area contributed by atoms with Gasteiger partial charge in [-0.3, -0.25) is 9.59 Å². The monoisotopic (exact) mass is 400 g/mol. The lowest BCUT2D eigenvalue weighted by molar-refractivity contribution is -0.129. The third-order valence-corrected chi connectivity index (χ3v) is 6.74. The summed E-state index contributed by atoms with van der Waals surface area (Å²) >= 11 is 0. The van der Waals surface area contributed by atoms with Gasteiger partial charge in [0, 0.05) is 17.9 Å². The molecule has 2 fully saturated rings. The van der Waals surface area contributed by atoms with E-state index in [1.54, 1.807) is 0 Å². The number of carbonyl (C=O) groups is 2. The number of rotatable bonds is 6. The number of benzene rings is 1. The van der Waals surface area contributed by atoms with Gasteiger partial charge in [-0.2, -0.15) is 0 Å². The summed E-state index contributed by atoms with van der Waals surface area (Å²) in [6.07, 6.45) is 9.73. The molecule has 2 aliphatic carbocycles. The van der Waals surface area contributed by atoms with E-state index in [0.717, 1.165) is 62.9 Å². The Hall–Kier alpha value is -2.24. The molecule has 1 aromatic rings. The quantitative estimate of drug-likeness (QED) is 0.769. The number of amides is 2. The van der Waals surface area contributed by atoms with E-state index in [-0.39, 0.29) is 29.7 Å². The highest BCUT2D eigenvalue weighted by Gasteiger charge is 2.37. The van der Waals surface area contributed by atoms with Gasteiger partial charge in [-0.25, -0.2) is 0 Å². The Kier molecular flexibility index (Phi) is 6.26. The minimum absolute atomic E-state index is 0.0299. The summed E-state index contributed by atoms with van der Waals surface area (Å²) in [6.45, 7) is 1.80. The van der Waals surface area contributed by atoms with Crippen molar-refractivity contribution in [3.8, 4) is 11.5 Å². The summed E-state index contributed by atoms with van der Waals surface area (Å²) in [6, 6.07) is 6.17. The first-order chi connectivity index (χ1) is 14.2. The molecular weight excluding hydrogens is 368 g/mol. The minimum atomic E-state index is -0.113. The van der Waals surface area contributed by atoms with Crippen molar-refractivity contribution in [3.05, 3.63) is 23.8 Å². The predicted octanol–water partition coefficient (Wildman–Crippen LogP) is 3.08. The molecule has 0 unspecified atom stereocenters. The van der Waals surface area contributed by atoms with Gasteiger partial charge in [-0.1, -0.05) is 38.2 Å². The van der Waals surface area contributed by atoms with Crippen molar-refractivity contribution in [2.24, 2.45) is 5.92 Å². The average Bonchev–Trinajstić information content (AvgIpc) is 3.26. The highest BCUT2D eigenvalue weighted by Crippen LogP contribution is 2.43. The molecule has 0 radical (unpaired) electrons. The van der Waals surface area contributed by atoms with Crippen molar-refractivity contribution >= 4 is 11.8 Å². The second-order valence-corrected chi connectivity index (χ2v) is 8.68. The Balaban J connectivity index is 1.33. The molecule has 0 aromatic heterocycles. The Morgan fingerprint density at radius 3 is 2.41 bits per heavy atom. The van der Waals surface area contributed by atoms with Crippen LogP contribution in [-0.4, -0.2) is 38.1 Å². The van der Waals surface area contributed by atoms with E-state index in [9.17, 15) is 9.59 Å². The molecule has 2 N–H and O–H groups in total. The van der Waals surface area contributed by atoms with Crippen LogP contribution >= 0.6 is 0 Å². The van der Waals surface area contributed by atoms with Crippen molar-refractivity contribution < 1.29 is 19.1 Å². The molecule has 0 saturated heterocycles. The standard InChI is InChI=1S/C23H32N2O4/c26-21(15-24-22(27)17-6-2-1-3-7-17)25-16-23(10-4-5-11-23)18-8-9-19-20(14-18)29-13-12-28-19/h8-9,14,17H,1-7,10-13,15-16H2,(H,24,27)(H,25,26). The molecule has 0 atom stereocenters. The van der Waals surface area contributed by atoms with E-state index in [1.807, 2.05) is 6.07 Å². The van der Waals surface area contributed by atoms with E-state index in [1.165, 1.54) is 12.0 Å². The highest BCUT2D eigenvalue weighted by molar-refractivity contribution is 5.85. The Labute approximate surface area is 172 Å². The number of hydrogen-bond donors (Lipinski definition) is 2. The van der Waals surface area contributed by atoms with E-state index >= 15 is 0 Å². The predicted molar refractivity (Wildman–Crippen MR) is 110 cm³/mol.